The molecule has 1 fully saturated rings. The molecular weight excluding hydrogens is 254 g/mol. The molecule has 1 aromatic carbocycles. The smallest absolute Gasteiger partial charge is 0.252 e. The van der Waals surface area contributed by atoms with Gasteiger partial charge in [-0.05, 0) is 31.4 Å². The van der Waals surface area contributed by atoms with Gasteiger partial charge < -0.3 is 15.2 Å². The Labute approximate surface area is 119 Å². The van der Waals surface area contributed by atoms with Gasteiger partial charge in [-0.2, -0.15) is 0 Å². The Balaban J connectivity index is 2.02. The van der Waals surface area contributed by atoms with E-state index in [-0.39, 0.29) is 12.5 Å². The number of carbonyl (C=O) groups is 1. The van der Waals surface area contributed by atoms with E-state index < -0.39 is 5.60 Å². The number of carbonyl (C=O) groups excluding carboxylic acids is 1. The van der Waals surface area contributed by atoms with Crippen LogP contribution in [0, 0.1) is 11.8 Å². The van der Waals surface area contributed by atoms with E-state index in [4.69, 9.17) is 9.84 Å². The molecule has 1 aromatic rings. The number of nitrogens with one attached hydrogen (secondary N) is 1. The Morgan fingerprint density at radius 2 is 2.30 bits per heavy atom. The fraction of sp³-hybridized carbons (Fsp3) is 0.438. The molecule has 1 heterocycles. The van der Waals surface area contributed by atoms with E-state index in [0.29, 0.717) is 13.2 Å². The van der Waals surface area contributed by atoms with Crippen LogP contribution in [0.15, 0.2) is 24.3 Å². The number of amides is 1. The van der Waals surface area contributed by atoms with Gasteiger partial charge in [0.05, 0.1) is 0 Å². The second-order valence-corrected chi connectivity index (χ2v) is 4.98. The molecule has 2 rings (SSSR count). The summed E-state index contributed by atoms with van der Waals surface area (Å²) in [7, 11) is 0. The fourth-order valence-corrected chi connectivity index (χ4v) is 2.25. The van der Waals surface area contributed by atoms with Crippen LogP contribution in [0.5, 0.6) is 0 Å². The Bertz CT molecular complexity index is 536. The first-order valence-corrected chi connectivity index (χ1v) is 6.75. The first kappa shape index (κ1) is 14.6. The summed E-state index contributed by atoms with van der Waals surface area (Å²) in [6.45, 7) is 2.70. The van der Waals surface area contributed by atoms with E-state index in [1.807, 2.05) is 31.2 Å². The molecule has 4 nitrogen and oxygen atoms in total. The Morgan fingerprint density at radius 3 is 3.00 bits per heavy atom. The first-order valence-electron chi connectivity index (χ1n) is 6.75. The number of benzene rings is 1. The van der Waals surface area contributed by atoms with E-state index in [1.54, 1.807) is 0 Å². The average Bonchev–Trinajstić information content (AvgIpc) is 2.91. The summed E-state index contributed by atoms with van der Waals surface area (Å²) in [4.78, 5) is 12.2. The largest absolute Gasteiger partial charge is 0.384 e. The average molecular weight is 273 g/mol. The molecule has 1 unspecified atom stereocenters. The third-order valence-electron chi connectivity index (χ3n) is 3.46. The van der Waals surface area contributed by atoms with Crippen LogP contribution in [0.4, 0.5) is 0 Å². The third-order valence-corrected chi connectivity index (χ3v) is 3.46. The molecule has 106 valence electrons. The minimum Gasteiger partial charge on any atom is -0.384 e. The highest BCUT2D eigenvalue weighted by atomic mass is 16.5. The molecule has 0 bridgehead atoms. The molecule has 0 radical (unpaired) electrons. The second-order valence-electron chi connectivity index (χ2n) is 4.98. The van der Waals surface area contributed by atoms with Crippen LogP contribution in [0.25, 0.3) is 0 Å². The van der Waals surface area contributed by atoms with Gasteiger partial charge in [-0.1, -0.05) is 30.0 Å². The molecule has 1 aliphatic heterocycles. The van der Waals surface area contributed by atoms with E-state index in [1.165, 1.54) is 0 Å². The van der Waals surface area contributed by atoms with E-state index in [2.05, 4.69) is 17.2 Å². The van der Waals surface area contributed by atoms with E-state index in [0.717, 1.165) is 24.0 Å². The van der Waals surface area contributed by atoms with Gasteiger partial charge in [0.2, 0.25) is 0 Å². The van der Waals surface area contributed by atoms with Crippen LogP contribution in [0.1, 0.15) is 30.9 Å². The summed E-state index contributed by atoms with van der Waals surface area (Å²) in [5.74, 6) is 5.42. The van der Waals surface area contributed by atoms with Crippen LogP contribution >= 0.6 is 0 Å². The molecule has 0 aliphatic carbocycles. The minimum absolute atomic E-state index is 0.0834. The van der Waals surface area contributed by atoms with Crippen molar-refractivity contribution in [2.24, 2.45) is 0 Å². The number of rotatable bonds is 3. The standard InChI is InChI=1S/C16H19NO3/c1-16(9-5-11-20-16)15(19)17-12-14-7-3-2-6-13(14)8-4-10-18/h2-3,6-7,18H,5,9-12H2,1H3,(H,17,19). The predicted octanol–water partition coefficient (Wildman–Crippen LogP) is 1.22. The van der Waals surface area contributed by atoms with Crippen molar-refractivity contribution < 1.29 is 14.6 Å². The molecular formula is C16H19NO3. The fourth-order valence-electron chi connectivity index (χ4n) is 2.25. The molecule has 0 aromatic heterocycles. The van der Waals surface area contributed by atoms with Crippen LogP contribution in [0.2, 0.25) is 0 Å². The Morgan fingerprint density at radius 1 is 1.50 bits per heavy atom. The maximum absolute atomic E-state index is 12.2. The molecule has 1 atom stereocenters. The van der Waals surface area contributed by atoms with Crippen LogP contribution in [0.3, 0.4) is 0 Å². The van der Waals surface area contributed by atoms with Crippen molar-refractivity contribution in [2.75, 3.05) is 13.2 Å². The summed E-state index contributed by atoms with van der Waals surface area (Å²) in [5, 5.41) is 11.7. The van der Waals surface area contributed by atoms with E-state index >= 15 is 0 Å². The SMILES string of the molecule is CC1(C(=O)NCc2ccccc2C#CCO)CCCO1. The number of aliphatic hydroxyl groups is 1. The third kappa shape index (κ3) is 3.38. The van der Waals surface area contributed by atoms with Gasteiger partial charge in [0.25, 0.3) is 5.91 Å². The van der Waals surface area contributed by atoms with Crippen LogP contribution in [-0.4, -0.2) is 29.8 Å². The summed E-state index contributed by atoms with van der Waals surface area (Å²) in [6.07, 6.45) is 1.67. The van der Waals surface area contributed by atoms with Gasteiger partial charge in [0, 0.05) is 18.7 Å². The summed E-state index contributed by atoms with van der Waals surface area (Å²) in [5.41, 5.74) is 1.05. The maximum Gasteiger partial charge on any atom is 0.252 e. The second kappa shape index (κ2) is 6.56. The monoisotopic (exact) mass is 273 g/mol. The van der Waals surface area contributed by atoms with E-state index in [9.17, 15) is 4.79 Å². The Hall–Kier alpha value is -1.83. The number of hydrogen-bond donors (Lipinski definition) is 2. The highest BCUT2D eigenvalue weighted by molar-refractivity contribution is 5.85. The molecule has 20 heavy (non-hydrogen) atoms. The molecule has 0 spiro atoms. The van der Waals surface area contributed by atoms with Gasteiger partial charge in [0.1, 0.15) is 12.2 Å². The molecule has 0 saturated carbocycles. The van der Waals surface area contributed by atoms with Crippen LogP contribution in [-0.2, 0) is 16.1 Å². The zero-order valence-corrected chi connectivity index (χ0v) is 11.6. The van der Waals surface area contributed by atoms with Crippen molar-refractivity contribution in [3.05, 3.63) is 35.4 Å². The van der Waals surface area contributed by atoms with Crippen molar-refractivity contribution in [2.45, 2.75) is 31.9 Å². The highest BCUT2D eigenvalue weighted by Crippen LogP contribution is 2.25. The minimum atomic E-state index is -0.703. The first-order chi connectivity index (χ1) is 9.65. The lowest BCUT2D eigenvalue weighted by molar-refractivity contribution is -0.139. The summed E-state index contributed by atoms with van der Waals surface area (Å²) in [6, 6.07) is 7.57. The van der Waals surface area contributed by atoms with Crippen molar-refractivity contribution in [3.63, 3.8) is 0 Å². The lowest BCUT2D eigenvalue weighted by Gasteiger charge is -2.22. The quantitative estimate of drug-likeness (QED) is 0.814. The van der Waals surface area contributed by atoms with Gasteiger partial charge >= 0.3 is 0 Å². The zero-order chi connectivity index (χ0) is 14.4. The number of ether oxygens (including phenoxy) is 1. The van der Waals surface area contributed by atoms with Gasteiger partial charge in [-0.25, -0.2) is 0 Å². The van der Waals surface area contributed by atoms with Crippen molar-refractivity contribution in [3.8, 4) is 11.8 Å². The number of aliphatic hydroxyl groups excluding tert-OH is 1. The van der Waals surface area contributed by atoms with Gasteiger partial charge in [-0.15, -0.1) is 0 Å². The molecule has 2 N–H and O–H groups in total. The zero-order valence-electron chi connectivity index (χ0n) is 11.6. The van der Waals surface area contributed by atoms with Crippen molar-refractivity contribution in [1.29, 1.82) is 0 Å². The maximum atomic E-state index is 12.2. The van der Waals surface area contributed by atoms with Crippen molar-refractivity contribution in [1.82, 2.24) is 5.32 Å². The molecule has 1 aliphatic rings. The molecule has 1 saturated heterocycles. The van der Waals surface area contributed by atoms with Crippen molar-refractivity contribution >= 4 is 5.91 Å². The Kier molecular flexibility index (Phi) is 4.78. The van der Waals surface area contributed by atoms with Gasteiger partial charge in [0.15, 0.2) is 0 Å². The topological polar surface area (TPSA) is 58.6 Å². The summed E-state index contributed by atoms with van der Waals surface area (Å²) >= 11 is 0. The predicted molar refractivity (Wildman–Crippen MR) is 75.8 cm³/mol. The normalized spacial score (nSPS) is 21.1. The summed E-state index contributed by atoms with van der Waals surface area (Å²) < 4.78 is 5.51. The van der Waals surface area contributed by atoms with Gasteiger partial charge in [-0.3, -0.25) is 4.79 Å². The highest BCUT2D eigenvalue weighted by Gasteiger charge is 2.37. The number of hydrogen-bond acceptors (Lipinski definition) is 3. The lowest BCUT2D eigenvalue weighted by Crippen LogP contribution is -2.43. The molecule has 4 heteroatoms. The lowest BCUT2D eigenvalue weighted by atomic mass is 10.0. The molecule has 1 amide bonds. The van der Waals surface area contributed by atoms with Crippen LogP contribution < -0.4 is 5.32 Å².